The Morgan fingerprint density at radius 2 is 1.97 bits per heavy atom. The summed E-state index contributed by atoms with van der Waals surface area (Å²) in [5.74, 6) is -1.55. The van der Waals surface area contributed by atoms with Crippen LogP contribution in [0.2, 0.25) is 0 Å². The summed E-state index contributed by atoms with van der Waals surface area (Å²) in [6.45, 7) is 2.79. The molecule has 2 aromatic rings. The third-order valence-corrected chi connectivity index (χ3v) is 6.35. The first-order chi connectivity index (χ1) is 16.5. The van der Waals surface area contributed by atoms with E-state index in [2.05, 4.69) is 15.0 Å². The summed E-state index contributed by atoms with van der Waals surface area (Å²) in [5.41, 5.74) is 10.1. The lowest BCUT2D eigenvalue weighted by Gasteiger charge is -2.16. The van der Waals surface area contributed by atoms with E-state index in [1.165, 1.54) is 37.4 Å². The van der Waals surface area contributed by atoms with E-state index >= 15 is 0 Å². The minimum Gasteiger partial charge on any atom is -0.370 e. The number of aromatic nitrogens is 1. The third kappa shape index (κ3) is 7.50. The monoisotopic (exact) mass is 506 g/mol. The van der Waals surface area contributed by atoms with Gasteiger partial charge in [-0.2, -0.15) is 0 Å². The quantitative estimate of drug-likeness (QED) is 0.195. The Morgan fingerprint density at radius 3 is 2.60 bits per heavy atom. The molecule has 0 aliphatic heterocycles. The van der Waals surface area contributed by atoms with Crippen LogP contribution in [-0.4, -0.2) is 37.2 Å². The highest BCUT2D eigenvalue weighted by Crippen LogP contribution is 2.19. The number of rotatable bonds is 11. The van der Waals surface area contributed by atoms with Gasteiger partial charge in [-0.1, -0.05) is 19.1 Å². The van der Waals surface area contributed by atoms with Crippen LogP contribution in [0.5, 0.6) is 0 Å². The second kappa shape index (κ2) is 11.9. The van der Waals surface area contributed by atoms with E-state index in [0.717, 1.165) is 16.7 Å². The Bertz CT molecular complexity index is 1320. The maximum atomic E-state index is 13.6. The number of guanidine groups is 1. The highest BCUT2D eigenvalue weighted by atomic mass is 32.2. The molecule has 0 aliphatic carbocycles. The van der Waals surface area contributed by atoms with Gasteiger partial charge in [-0.05, 0) is 49.6 Å². The molecule has 6 N–H and O–H groups in total. The number of amides is 1. The second-order valence-corrected chi connectivity index (χ2v) is 9.13. The Hall–Kier alpha value is -4.00. The zero-order valence-electron chi connectivity index (χ0n) is 19.2. The fourth-order valence-corrected chi connectivity index (χ4v) is 4.44. The van der Waals surface area contributed by atoms with E-state index in [1.54, 1.807) is 6.92 Å². The van der Waals surface area contributed by atoms with Gasteiger partial charge in [0, 0.05) is 11.9 Å². The molecule has 2 rings (SSSR count). The highest BCUT2D eigenvalue weighted by molar-refractivity contribution is 7.92. The number of anilines is 1. The van der Waals surface area contributed by atoms with E-state index < -0.39 is 39.9 Å². The molecule has 35 heavy (non-hydrogen) atoms. The van der Waals surface area contributed by atoms with Crippen LogP contribution in [0.1, 0.15) is 24.6 Å². The first kappa shape index (κ1) is 27.2. The van der Waals surface area contributed by atoms with E-state index in [0.29, 0.717) is 18.4 Å². The number of carbonyl (C=O) groups is 2. The SMILES string of the molecule is CCc1ccc(NS(=O)(=O)c2cc(F)ccc2C)c(=O)n1CC(=O)N[C@H](C=O)C/C=C/N=C(N)N. The molecule has 188 valence electrons. The number of nitrogens with zero attached hydrogens (tertiary/aromatic N) is 2. The molecular weight excluding hydrogens is 479 g/mol. The van der Waals surface area contributed by atoms with E-state index in [-0.39, 0.29) is 28.5 Å². The van der Waals surface area contributed by atoms with E-state index in [9.17, 15) is 27.2 Å². The lowest BCUT2D eigenvalue weighted by atomic mass is 10.2. The van der Waals surface area contributed by atoms with Gasteiger partial charge >= 0.3 is 0 Å². The molecule has 1 aromatic heterocycles. The number of nitrogens with two attached hydrogens (primary N) is 2. The van der Waals surface area contributed by atoms with Crippen LogP contribution < -0.4 is 27.1 Å². The van der Waals surface area contributed by atoms with Crippen LogP contribution in [0, 0.1) is 12.7 Å². The molecule has 1 atom stereocenters. The molecule has 1 heterocycles. The van der Waals surface area contributed by atoms with Crippen molar-refractivity contribution < 1.29 is 22.4 Å². The predicted octanol–water partition coefficient (Wildman–Crippen LogP) is 0.520. The largest absolute Gasteiger partial charge is 0.370 e. The molecule has 1 amide bonds. The van der Waals surface area contributed by atoms with Gasteiger partial charge in [-0.15, -0.1) is 0 Å². The standard InChI is InChI=1S/C22H27FN6O5S/c1-3-17-8-9-18(28-35(33,34)19-11-15(23)7-6-14(19)2)21(32)29(17)12-20(31)27-16(13-30)5-4-10-26-22(24)25/h4,6-11,13,16,28H,3,5,12H2,1-2H3,(H,27,31)(H4,24,25,26)/b10-4+/t16-/m0/s1. The topological polar surface area (TPSA) is 179 Å². The Labute approximate surface area is 201 Å². The van der Waals surface area contributed by atoms with Crippen molar-refractivity contribution in [2.24, 2.45) is 16.5 Å². The number of aldehydes is 1. The van der Waals surface area contributed by atoms with Gasteiger partial charge in [0.2, 0.25) is 5.91 Å². The Kier molecular flexibility index (Phi) is 9.28. The zero-order valence-corrected chi connectivity index (χ0v) is 20.0. The number of aliphatic imine (C=N–C) groups is 1. The average molecular weight is 507 g/mol. The molecule has 0 saturated carbocycles. The molecule has 0 aliphatic rings. The average Bonchev–Trinajstić information content (AvgIpc) is 2.79. The van der Waals surface area contributed by atoms with Crippen molar-refractivity contribution in [3.63, 3.8) is 0 Å². The molecule has 0 fully saturated rings. The third-order valence-electron chi connectivity index (χ3n) is 4.84. The number of sulfonamides is 1. The van der Waals surface area contributed by atoms with Gasteiger partial charge in [0.25, 0.3) is 15.6 Å². The molecule has 13 heteroatoms. The van der Waals surface area contributed by atoms with Crippen LogP contribution >= 0.6 is 0 Å². The van der Waals surface area contributed by atoms with Crippen molar-refractivity contribution in [2.75, 3.05) is 4.72 Å². The molecule has 0 saturated heterocycles. The van der Waals surface area contributed by atoms with Crippen LogP contribution in [-0.2, 0) is 32.6 Å². The summed E-state index contributed by atoms with van der Waals surface area (Å²) in [5, 5.41) is 2.48. The number of halogens is 1. The molecule has 0 unspecified atom stereocenters. The fourth-order valence-electron chi connectivity index (χ4n) is 3.13. The minimum absolute atomic E-state index is 0.106. The van der Waals surface area contributed by atoms with Gasteiger partial charge in [-0.3, -0.25) is 14.3 Å². The predicted molar refractivity (Wildman–Crippen MR) is 130 cm³/mol. The second-order valence-electron chi connectivity index (χ2n) is 7.48. The van der Waals surface area contributed by atoms with Crippen LogP contribution in [0.4, 0.5) is 10.1 Å². The number of benzene rings is 1. The number of aryl methyl sites for hydroxylation is 2. The molecule has 0 bridgehead atoms. The lowest BCUT2D eigenvalue weighted by molar-refractivity contribution is -0.124. The fraction of sp³-hybridized carbons (Fsp3) is 0.273. The zero-order chi connectivity index (χ0) is 26.2. The van der Waals surface area contributed by atoms with Gasteiger partial charge in [0.15, 0.2) is 5.96 Å². The minimum atomic E-state index is -4.28. The number of carbonyl (C=O) groups excluding carboxylic acids is 2. The van der Waals surface area contributed by atoms with Gasteiger partial charge < -0.3 is 26.1 Å². The lowest BCUT2D eigenvalue weighted by Crippen LogP contribution is -2.40. The van der Waals surface area contributed by atoms with Crippen molar-refractivity contribution in [1.29, 1.82) is 0 Å². The van der Waals surface area contributed by atoms with Crippen LogP contribution in [0.15, 0.2) is 57.3 Å². The number of hydrogen-bond acceptors (Lipinski definition) is 6. The van der Waals surface area contributed by atoms with E-state index in [4.69, 9.17) is 11.5 Å². The van der Waals surface area contributed by atoms with Crippen LogP contribution in [0.25, 0.3) is 0 Å². The molecule has 0 radical (unpaired) electrons. The van der Waals surface area contributed by atoms with Gasteiger partial charge in [0.05, 0.1) is 10.9 Å². The Morgan fingerprint density at radius 1 is 1.26 bits per heavy atom. The summed E-state index contributed by atoms with van der Waals surface area (Å²) in [4.78, 5) is 40.2. The molecular formula is C22H27FN6O5S. The van der Waals surface area contributed by atoms with Crippen molar-refractivity contribution in [3.05, 3.63) is 70.0 Å². The molecule has 1 aromatic carbocycles. The van der Waals surface area contributed by atoms with Crippen molar-refractivity contribution in [3.8, 4) is 0 Å². The van der Waals surface area contributed by atoms with Crippen molar-refractivity contribution in [2.45, 2.75) is 44.2 Å². The summed E-state index contributed by atoms with van der Waals surface area (Å²) in [7, 11) is -4.28. The summed E-state index contributed by atoms with van der Waals surface area (Å²) >= 11 is 0. The summed E-state index contributed by atoms with van der Waals surface area (Å²) in [6.07, 6.45) is 3.76. The van der Waals surface area contributed by atoms with Crippen molar-refractivity contribution in [1.82, 2.24) is 9.88 Å². The van der Waals surface area contributed by atoms with E-state index in [1.807, 2.05) is 0 Å². The number of nitrogens with one attached hydrogen (secondary N) is 2. The van der Waals surface area contributed by atoms with Crippen LogP contribution in [0.3, 0.4) is 0 Å². The van der Waals surface area contributed by atoms with Crippen molar-refractivity contribution >= 4 is 33.9 Å². The first-order valence-corrected chi connectivity index (χ1v) is 12.0. The molecule has 11 nitrogen and oxygen atoms in total. The first-order valence-electron chi connectivity index (χ1n) is 10.5. The summed E-state index contributed by atoms with van der Waals surface area (Å²) < 4.78 is 42.5. The maximum absolute atomic E-state index is 13.6. The molecule has 0 spiro atoms. The Balaban J connectivity index is 2.27. The normalized spacial score (nSPS) is 12.2. The number of hydrogen-bond donors (Lipinski definition) is 4. The van der Waals surface area contributed by atoms with Gasteiger partial charge in [-0.25, -0.2) is 17.8 Å². The maximum Gasteiger partial charge on any atom is 0.275 e. The highest BCUT2D eigenvalue weighted by Gasteiger charge is 2.21. The summed E-state index contributed by atoms with van der Waals surface area (Å²) in [6, 6.07) is 5.17. The smallest absolute Gasteiger partial charge is 0.275 e. The van der Waals surface area contributed by atoms with Gasteiger partial charge in [0.1, 0.15) is 24.3 Å². The number of pyridine rings is 1.